The number of rotatable bonds is 16. The molecule has 56 heavy (non-hydrogen) atoms. The van der Waals surface area contributed by atoms with Crippen molar-refractivity contribution >= 4 is 23.2 Å². The number of carbonyl (C=O) groups is 2. The summed E-state index contributed by atoms with van der Waals surface area (Å²) in [4.78, 5) is 44.0. The molecule has 12 nitrogen and oxygen atoms in total. The lowest BCUT2D eigenvalue weighted by Gasteiger charge is -2.35. The minimum Gasteiger partial charge on any atom is -0.508 e. The second-order valence-electron chi connectivity index (χ2n) is 14.6. The number of hydrogen-bond acceptors (Lipinski definition) is 10. The number of hydrogen-bond donors (Lipinski definition) is 3. The molecule has 3 N–H and O–H groups in total. The number of phenols is 1. The van der Waals surface area contributed by atoms with Gasteiger partial charge < -0.3 is 30.3 Å². The first-order chi connectivity index (χ1) is 27.1. The first-order valence-electron chi connectivity index (χ1n) is 19.1. The second kappa shape index (κ2) is 19.3. The van der Waals surface area contributed by atoms with E-state index in [-0.39, 0.29) is 23.6 Å². The van der Waals surface area contributed by atoms with E-state index in [4.69, 9.17) is 4.74 Å². The number of aromatic nitrogens is 2. The summed E-state index contributed by atoms with van der Waals surface area (Å²) in [7, 11) is 4.29. The van der Waals surface area contributed by atoms with Crippen LogP contribution in [0, 0.1) is 13.8 Å². The van der Waals surface area contributed by atoms with E-state index >= 15 is 0 Å². The van der Waals surface area contributed by atoms with Gasteiger partial charge in [0.2, 0.25) is 0 Å². The summed E-state index contributed by atoms with van der Waals surface area (Å²) in [6.45, 7) is 13.1. The molecule has 1 aliphatic heterocycles. The number of benzene rings is 4. The monoisotopic (exact) mass is 756 g/mol. The summed E-state index contributed by atoms with van der Waals surface area (Å²) in [5.74, 6) is 0.371. The standard InChI is InChI=1S/C44H52N8O4/c1-32-12-14-38(28-40(32)53)47-42(54)37-11-6-9-35(27-37)31-52-24-22-51(23-25-52)21-20-49(3)18-19-50(4)30-34-8-5-10-36(26-34)43(55)48-39-15-13-33(2)41(29-39)56-44-45-16-7-17-46-44/h5-17,26-29,53H,18-25,30-31H2,1-4H3,(H,47,54)(H,48,55). The van der Waals surface area contributed by atoms with Crippen LogP contribution < -0.4 is 15.4 Å². The Hall–Kier alpha value is -5.66. The van der Waals surface area contributed by atoms with E-state index in [1.165, 1.54) is 0 Å². The van der Waals surface area contributed by atoms with Gasteiger partial charge in [-0.2, -0.15) is 0 Å². The Morgan fingerprint density at radius 2 is 1.29 bits per heavy atom. The number of carbonyl (C=O) groups excluding carboxylic acids is 2. The highest BCUT2D eigenvalue weighted by Crippen LogP contribution is 2.27. The van der Waals surface area contributed by atoms with Crippen LogP contribution in [0.5, 0.6) is 17.5 Å². The van der Waals surface area contributed by atoms with Crippen LogP contribution >= 0.6 is 0 Å². The fraction of sp³-hybridized carbons (Fsp3) is 0.318. The highest BCUT2D eigenvalue weighted by atomic mass is 16.5. The molecule has 6 rings (SSSR count). The van der Waals surface area contributed by atoms with Gasteiger partial charge in [-0.15, -0.1) is 0 Å². The van der Waals surface area contributed by atoms with Crippen LogP contribution in [0.2, 0.25) is 0 Å². The molecular weight excluding hydrogens is 705 g/mol. The molecular formula is C44H52N8O4. The van der Waals surface area contributed by atoms with Crippen molar-refractivity contribution in [2.75, 3.05) is 77.1 Å². The molecule has 0 aliphatic carbocycles. The van der Waals surface area contributed by atoms with Gasteiger partial charge in [-0.05, 0) is 92.7 Å². The summed E-state index contributed by atoms with van der Waals surface area (Å²) < 4.78 is 5.83. The third-order valence-electron chi connectivity index (χ3n) is 10.0. The average molecular weight is 757 g/mol. The lowest BCUT2D eigenvalue weighted by atomic mass is 10.1. The summed E-state index contributed by atoms with van der Waals surface area (Å²) in [5, 5.41) is 15.9. The first-order valence-corrected chi connectivity index (χ1v) is 19.1. The largest absolute Gasteiger partial charge is 0.508 e. The molecule has 1 aromatic heterocycles. The van der Waals surface area contributed by atoms with Crippen molar-refractivity contribution in [3.8, 4) is 17.5 Å². The van der Waals surface area contributed by atoms with Crippen molar-refractivity contribution in [2.45, 2.75) is 26.9 Å². The molecule has 0 radical (unpaired) electrons. The molecule has 0 bridgehead atoms. The second-order valence-corrected chi connectivity index (χ2v) is 14.6. The number of aromatic hydroxyl groups is 1. The van der Waals surface area contributed by atoms with Gasteiger partial charge in [-0.3, -0.25) is 19.4 Å². The Kier molecular flexibility index (Phi) is 13.8. The number of piperazine rings is 1. The molecule has 1 saturated heterocycles. The fourth-order valence-corrected chi connectivity index (χ4v) is 6.53. The third kappa shape index (κ3) is 11.7. The van der Waals surface area contributed by atoms with Crippen molar-refractivity contribution in [1.82, 2.24) is 29.6 Å². The van der Waals surface area contributed by atoms with Gasteiger partial charge in [0.05, 0.1) is 0 Å². The molecule has 2 heterocycles. The molecule has 0 atom stereocenters. The van der Waals surface area contributed by atoms with Gasteiger partial charge in [-0.25, -0.2) is 9.97 Å². The van der Waals surface area contributed by atoms with E-state index in [1.54, 1.807) is 42.7 Å². The number of ether oxygens (including phenoxy) is 1. The highest BCUT2D eigenvalue weighted by molar-refractivity contribution is 6.05. The molecule has 4 aromatic carbocycles. The quantitative estimate of drug-likeness (QED) is 0.106. The topological polar surface area (TPSA) is 126 Å². The Bertz CT molecular complexity index is 2090. The SMILES string of the molecule is Cc1ccc(NC(=O)c2cccc(CN3CCN(CCN(C)CCN(C)Cc4cccc(C(=O)Nc5ccc(C)c(Oc6ncccn6)c5)c4)CC3)c2)cc1O. The van der Waals surface area contributed by atoms with Crippen molar-refractivity contribution in [3.05, 3.63) is 137 Å². The van der Waals surface area contributed by atoms with E-state index in [0.29, 0.717) is 28.3 Å². The minimum atomic E-state index is -0.190. The van der Waals surface area contributed by atoms with Crippen LogP contribution in [0.3, 0.4) is 0 Å². The molecule has 2 amide bonds. The lowest BCUT2D eigenvalue weighted by molar-refractivity contribution is 0.101. The smallest absolute Gasteiger partial charge is 0.321 e. The van der Waals surface area contributed by atoms with E-state index in [9.17, 15) is 14.7 Å². The molecule has 0 saturated carbocycles. The zero-order valence-corrected chi connectivity index (χ0v) is 32.7. The minimum absolute atomic E-state index is 0.163. The maximum absolute atomic E-state index is 13.2. The molecule has 292 valence electrons. The third-order valence-corrected chi connectivity index (χ3v) is 10.0. The van der Waals surface area contributed by atoms with Crippen molar-refractivity contribution in [3.63, 3.8) is 0 Å². The van der Waals surface area contributed by atoms with E-state index in [2.05, 4.69) is 66.4 Å². The van der Waals surface area contributed by atoms with Crippen LogP contribution in [-0.2, 0) is 13.1 Å². The van der Waals surface area contributed by atoms with Gasteiger partial charge in [0, 0.05) is 112 Å². The van der Waals surface area contributed by atoms with Crippen LogP contribution in [0.4, 0.5) is 11.4 Å². The van der Waals surface area contributed by atoms with Gasteiger partial charge in [0.15, 0.2) is 0 Å². The maximum atomic E-state index is 13.2. The maximum Gasteiger partial charge on any atom is 0.321 e. The predicted octanol–water partition coefficient (Wildman–Crippen LogP) is 6.28. The lowest BCUT2D eigenvalue weighted by Crippen LogP contribution is -2.48. The average Bonchev–Trinajstić information content (AvgIpc) is 3.20. The Morgan fingerprint density at radius 1 is 0.696 bits per heavy atom. The zero-order valence-electron chi connectivity index (χ0n) is 32.7. The van der Waals surface area contributed by atoms with Crippen LogP contribution in [0.15, 0.2) is 103 Å². The van der Waals surface area contributed by atoms with Gasteiger partial charge in [0.1, 0.15) is 11.5 Å². The van der Waals surface area contributed by atoms with Crippen molar-refractivity contribution < 1.29 is 19.4 Å². The van der Waals surface area contributed by atoms with E-state index < -0.39 is 0 Å². The summed E-state index contributed by atoms with van der Waals surface area (Å²) in [5.41, 5.74) is 6.27. The van der Waals surface area contributed by atoms with E-state index in [1.807, 2.05) is 62.4 Å². The molecule has 5 aromatic rings. The van der Waals surface area contributed by atoms with E-state index in [0.717, 1.165) is 87.7 Å². The predicted molar refractivity (Wildman–Crippen MR) is 220 cm³/mol. The number of likely N-dealkylation sites (N-methyl/N-ethyl adjacent to an activating group) is 2. The highest BCUT2D eigenvalue weighted by Gasteiger charge is 2.18. The number of aryl methyl sites for hydroxylation is 2. The normalized spacial score (nSPS) is 13.5. The van der Waals surface area contributed by atoms with Crippen molar-refractivity contribution in [1.29, 1.82) is 0 Å². The molecule has 1 fully saturated rings. The zero-order chi connectivity index (χ0) is 39.4. The fourth-order valence-electron chi connectivity index (χ4n) is 6.53. The molecule has 12 heteroatoms. The first kappa shape index (κ1) is 40.0. The Balaban J connectivity index is 0.887. The summed E-state index contributed by atoms with van der Waals surface area (Å²) >= 11 is 0. The van der Waals surface area contributed by atoms with Crippen LogP contribution in [0.25, 0.3) is 0 Å². The Morgan fingerprint density at radius 3 is 1.96 bits per heavy atom. The summed E-state index contributed by atoms with van der Waals surface area (Å²) in [6.07, 6.45) is 3.24. The van der Waals surface area contributed by atoms with Crippen molar-refractivity contribution in [2.24, 2.45) is 0 Å². The Labute approximate surface area is 329 Å². The number of phenolic OH excluding ortho intramolecular Hbond substituents is 1. The number of amides is 2. The van der Waals surface area contributed by atoms with Crippen LogP contribution in [-0.4, -0.2) is 113 Å². The summed E-state index contributed by atoms with van der Waals surface area (Å²) in [6, 6.07) is 28.2. The molecule has 1 aliphatic rings. The van der Waals surface area contributed by atoms with Crippen LogP contribution in [0.1, 0.15) is 43.0 Å². The number of anilines is 2. The molecule has 0 unspecified atom stereocenters. The number of nitrogens with one attached hydrogen (secondary N) is 2. The van der Waals surface area contributed by atoms with Gasteiger partial charge in [0.25, 0.3) is 11.8 Å². The molecule has 0 spiro atoms. The van der Waals surface area contributed by atoms with Gasteiger partial charge in [-0.1, -0.05) is 36.4 Å². The number of nitrogens with zero attached hydrogens (tertiary/aromatic N) is 6. The van der Waals surface area contributed by atoms with Gasteiger partial charge >= 0.3 is 6.01 Å².